The number of methoxy groups -OCH3 is 1. The number of thioether (sulfide) groups is 1. The Morgan fingerprint density at radius 3 is 2.46 bits per heavy atom. The molecule has 3 aromatic rings. The third-order valence-corrected chi connectivity index (χ3v) is 5.30. The minimum absolute atomic E-state index is 0.881. The van der Waals surface area contributed by atoms with Gasteiger partial charge in [0, 0.05) is 15.7 Å². The van der Waals surface area contributed by atoms with Crippen molar-refractivity contribution in [3.63, 3.8) is 0 Å². The Kier molecular flexibility index (Phi) is 5.27. The van der Waals surface area contributed by atoms with Gasteiger partial charge in [-0.3, -0.25) is 0 Å². The second-order valence-corrected chi connectivity index (χ2v) is 7.46. The van der Waals surface area contributed by atoms with Crippen LogP contribution in [-0.2, 0) is 0 Å². The summed E-state index contributed by atoms with van der Waals surface area (Å²) in [6, 6.07) is 12.6. The van der Waals surface area contributed by atoms with Gasteiger partial charge in [-0.25, -0.2) is 4.98 Å². The molecule has 0 saturated heterocycles. The van der Waals surface area contributed by atoms with Gasteiger partial charge in [0.15, 0.2) is 0 Å². The molecule has 0 amide bonds. The average Bonchev–Trinajstić information content (AvgIpc) is 2.57. The van der Waals surface area contributed by atoms with Gasteiger partial charge in [-0.1, -0.05) is 11.6 Å². The molecule has 0 bridgehead atoms. The highest BCUT2D eigenvalue weighted by Crippen LogP contribution is 2.36. The molecule has 0 aliphatic rings. The van der Waals surface area contributed by atoms with E-state index in [1.807, 2.05) is 17.8 Å². The quantitative estimate of drug-likeness (QED) is 0.367. The molecule has 0 fully saturated rings. The summed E-state index contributed by atoms with van der Waals surface area (Å²) in [6.07, 6.45) is 1.17. The van der Waals surface area contributed by atoms with Crippen molar-refractivity contribution in [2.45, 2.75) is 18.2 Å². The first-order valence-electron chi connectivity index (χ1n) is 8.24. The standard InChI is InChI=1S/C20H24N2OS/c1-14-6-8-18-16(12-14)20(24-11-5-10-22(2)3)17-13-15(23-4)7-9-19(17)21-18/h6-9,12-13H,5,10-11H2,1-4H3. The van der Waals surface area contributed by atoms with Crippen LogP contribution in [0, 0.1) is 6.92 Å². The molecule has 0 N–H and O–H groups in total. The van der Waals surface area contributed by atoms with Crippen LogP contribution < -0.4 is 4.74 Å². The van der Waals surface area contributed by atoms with Gasteiger partial charge in [-0.15, -0.1) is 11.8 Å². The van der Waals surface area contributed by atoms with E-state index >= 15 is 0 Å². The Hall–Kier alpha value is -1.78. The molecule has 1 aromatic heterocycles. The number of aromatic nitrogens is 1. The molecule has 4 heteroatoms. The fourth-order valence-electron chi connectivity index (χ4n) is 2.84. The Morgan fingerprint density at radius 1 is 1.04 bits per heavy atom. The van der Waals surface area contributed by atoms with Crippen LogP contribution >= 0.6 is 11.8 Å². The monoisotopic (exact) mass is 340 g/mol. The molecule has 3 rings (SSSR count). The molecule has 0 aliphatic carbocycles. The van der Waals surface area contributed by atoms with Crippen molar-refractivity contribution in [2.24, 2.45) is 0 Å². The van der Waals surface area contributed by atoms with E-state index in [-0.39, 0.29) is 0 Å². The minimum Gasteiger partial charge on any atom is -0.497 e. The lowest BCUT2D eigenvalue weighted by molar-refractivity contribution is 0.410. The summed E-state index contributed by atoms with van der Waals surface area (Å²) in [7, 11) is 5.95. The molecule has 24 heavy (non-hydrogen) atoms. The molecule has 126 valence electrons. The lowest BCUT2D eigenvalue weighted by atomic mass is 10.1. The Labute approximate surface area is 148 Å². The first kappa shape index (κ1) is 17.1. The van der Waals surface area contributed by atoms with Crippen molar-refractivity contribution in [3.8, 4) is 5.75 Å². The smallest absolute Gasteiger partial charge is 0.119 e. The number of aryl methyl sites for hydroxylation is 1. The zero-order valence-corrected chi connectivity index (χ0v) is 15.6. The van der Waals surface area contributed by atoms with Crippen LogP contribution in [0.3, 0.4) is 0 Å². The Bertz CT molecular complexity index is 861. The molecule has 0 unspecified atom stereocenters. The van der Waals surface area contributed by atoms with Crippen LogP contribution in [0.15, 0.2) is 41.3 Å². The number of hydrogen-bond acceptors (Lipinski definition) is 4. The van der Waals surface area contributed by atoms with Gasteiger partial charge in [-0.2, -0.15) is 0 Å². The average molecular weight is 340 g/mol. The van der Waals surface area contributed by atoms with Crippen LogP contribution in [0.2, 0.25) is 0 Å². The van der Waals surface area contributed by atoms with Crippen LogP contribution in [0.4, 0.5) is 0 Å². The zero-order chi connectivity index (χ0) is 17.1. The summed E-state index contributed by atoms with van der Waals surface area (Å²) >= 11 is 1.93. The predicted octanol–water partition coefficient (Wildman–Crippen LogP) is 4.75. The molecule has 0 spiro atoms. The Balaban J connectivity index is 2.09. The topological polar surface area (TPSA) is 25.4 Å². The molecular weight excluding hydrogens is 316 g/mol. The van der Waals surface area contributed by atoms with Gasteiger partial charge >= 0.3 is 0 Å². The fourth-order valence-corrected chi connectivity index (χ4v) is 3.95. The van der Waals surface area contributed by atoms with Crippen LogP contribution in [-0.4, -0.2) is 43.4 Å². The number of rotatable bonds is 6. The van der Waals surface area contributed by atoms with Crippen molar-refractivity contribution >= 4 is 33.6 Å². The van der Waals surface area contributed by atoms with Crippen molar-refractivity contribution in [1.29, 1.82) is 0 Å². The first-order valence-corrected chi connectivity index (χ1v) is 9.22. The summed E-state index contributed by atoms with van der Waals surface area (Å²) in [4.78, 5) is 8.38. The number of fused-ring (bicyclic) bond motifs is 2. The maximum atomic E-state index is 5.43. The molecule has 3 nitrogen and oxygen atoms in total. The van der Waals surface area contributed by atoms with Gasteiger partial charge < -0.3 is 9.64 Å². The number of ether oxygens (including phenoxy) is 1. The van der Waals surface area contributed by atoms with Crippen LogP contribution in [0.25, 0.3) is 21.8 Å². The normalized spacial score (nSPS) is 11.5. The molecule has 0 aliphatic heterocycles. The number of benzene rings is 2. The second-order valence-electron chi connectivity index (χ2n) is 6.35. The summed E-state index contributed by atoms with van der Waals surface area (Å²) in [5, 5.41) is 2.42. The maximum Gasteiger partial charge on any atom is 0.119 e. The van der Waals surface area contributed by atoms with Crippen LogP contribution in [0.5, 0.6) is 5.75 Å². The fraction of sp³-hybridized carbons (Fsp3) is 0.350. The van der Waals surface area contributed by atoms with Crippen LogP contribution in [0.1, 0.15) is 12.0 Å². The molecule has 0 radical (unpaired) electrons. The zero-order valence-electron chi connectivity index (χ0n) is 14.8. The highest BCUT2D eigenvalue weighted by Gasteiger charge is 2.11. The van der Waals surface area contributed by atoms with Crippen molar-refractivity contribution in [3.05, 3.63) is 42.0 Å². The van der Waals surface area contributed by atoms with Gasteiger partial charge in [0.05, 0.1) is 18.1 Å². The predicted molar refractivity (Wildman–Crippen MR) is 104 cm³/mol. The number of hydrogen-bond donors (Lipinski definition) is 0. The van der Waals surface area contributed by atoms with Gasteiger partial charge in [0.2, 0.25) is 0 Å². The highest BCUT2D eigenvalue weighted by atomic mass is 32.2. The summed E-state index contributed by atoms with van der Waals surface area (Å²) in [5.41, 5.74) is 3.36. The lowest BCUT2D eigenvalue weighted by Crippen LogP contribution is -2.13. The van der Waals surface area contributed by atoms with E-state index in [9.17, 15) is 0 Å². The summed E-state index contributed by atoms with van der Waals surface area (Å²) in [5.74, 6) is 1.98. The lowest BCUT2D eigenvalue weighted by Gasteiger charge is -2.13. The maximum absolute atomic E-state index is 5.43. The van der Waals surface area contributed by atoms with Crippen molar-refractivity contribution in [2.75, 3.05) is 33.5 Å². The second kappa shape index (κ2) is 7.41. The van der Waals surface area contributed by atoms with Gasteiger partial charge in [0.25, 0.3) is 0 Å². The van der Waals surface area contributed by atoms with E-state index in [1.54, 1.807) is 7.11 Å². The largest absolute Gasteiger partial charge is 0.497 e. The number of nitrogens with zero attached hydrogens (tertiary/aromatic N) is 2. The van der Waals surface area contributed by atoms with E-state index in [2.05, 4.69) is 56.3 Å². The minimum atomic E-state index is 0.881. The molecule has 2 aromatic carbocycles. The molecular formula is C20H24N2OS. The third-order valence-electron chi connectivity index (χ3n) is 4.08. The van der Waals surface area contributed by atoms with E-state index in [4.69, 9.17) is 9.72 Å². The molecule has 0 atom stereocenters. The Morgan fingerprint density at radius 2 is 1.75 bits per heavy atom. The first-order chi connectivity index (χ1) is 11.6. The van der Waals surface area contributed by atoms with Crippen molar-refractivity contribution < 1.29 is 4.74 Å². The van der Waals surface area contributed by atoms with E-state index < -0.39 is 0 Å². The highest BCUT2D eigenvalue weighted by molar-refractivity contribution is 7.99. The molecule has 0 saturated carbocycles. The van der Waals surface area contributed by atoms with Gasteiger partial charge in [0.1, 0.15) is 5.75 Å². The number of pyridine rings is 1. The van der Waals surface area contributed by atoms with Gasteiger partial charge in [-0.05, 0) is 70.1 Å². The summed E-state index contributed by atoms with van der Waals surface area (Å²) < 4.78 is 5.43. The van der Waals surface area contributed by atoms with E-state index in [0.717, 1.165) is 29.1 Å². The molecule has 1 heterocycles. The summed E-state index contributed by atoms with van der Waals surface area (Å²) in [6.45, 7) is 3.24. The third kappa shape index (κ3) is 3.65. The van der Waals surface area contributed by atoms with E-state index in [1.165, 1.54) is 27.7 Å². The SMILES string of the molecule is COc1ccc2nc3ccc(C)cc3c(SCCCN(C)C)c2c1. The van der Waals surface area contributed by atoms with Crippen molar-refractivity contribution in [1.82, 2.24) is 9.88 Å². The van der Waals surface area contributed by atoms with E-state index in [0.29, 0.717) is 0 Å².